The fourth-order valence-corrected chi connectivity index (χ4v) is 6.76. The summed E-state index contributed by atoms with van der Waals surface area (Å²) < 4.78 is 10.8. The van der Waals surface area contributed by atoms with Crippen LogP contribution in [0.5, 0.6) is 0 Å². The van der Waals surface area contributed by atoms with Gasteiger partial charge in [0.25, 0.3) is 0 Å². The summed E-state index contributed by atoms with van der Waals surface area (Å²) in [5.41, 5.74) is 1.49. The number of rotatable bonds is 11. The third-order valence-electron chi connectivity index (χ3n) is 7.40. The number of fused-ring (bicyclic) bond motifs is 2. The van der Waals surface area contributed by atoms with Gasteiger partial charge in [-0.25, -0.2) is 14.6 Å². The van der Waals surface area contributed by atoms with Gasteiger partial charge in [0.1, 0.15) is 11.2 Å². The maximum atomic E-state index is 12.4. The summed E-state index contributed by atoms with van der Waals surface area (Å²) in [4.78, 5) is 58.6. The Morgan fingerprint density at radius 1 is 0.800 bits per heavy atom. The molecule has 0 bridgehead atoms. The Balaban J connectivity index is 0.876. The largest absolute Gasteiger partial charge is 0.422 e. The van der Waals surface area contributed by atoms with Crippen molar-refractivity contribution in [3.05, 3.63) is 92.4 Å². The minimum atomic E-state index is -0.471. The SMILES string of the molecule is O=C(CCCCCCCC(=O)Nc1nc(-c2cc3ccccc3oc2=O)cs1)NC1=NC(c2cc3ccccc3oc2=O)CS1. The van der Waals surface area contributed by atoms with Gasteiger partial charge in [-0.1, -0.05) is 67.4 Å². The minimum Gasteiger partial charge on any atom is -0.422 e. The quantitative estimate of drug-likeness (QED) is 0.120. The molecule has 2 amide bonds. The van der Waals surface area contributed by atoms with Crippen molar-refractivity contribution in [1.82, 2.24) is 10.3 Å². The van der Waals surface area contributed by atoms with Gasteiger partial charge in [-0.05, 0) is 37.1 Å². The number of unbranched alkanes of at least 4 members (excludes halogenated alkanes) is 4. The van der Waals surface area contributed by atoms with Gasteiger partial charge in [0.15, 0.2) is 10.3 Å². The summed E-state index contributed by atoms with van der Waals surface area (Å²) in [6.07, 6.45) is 4.86. The summed E-state index contributed by atoms with van der Waals surface area (Å²) in [5, 5.41) is 10.0. The van der Waals surface area contributed by atoms with Crippen molar-refractivity contribution in [3.8, 4) is 11.3 Å². The van der Waals surface area contributed by atoms with Crippen LogP contribution in [0.3, 0.4) is 0 Å². The normalized spacial score (nSPS) is 14.5. The number of nitrogens with one attached hydrogen (secondary N) is 2. The Bertz CT molecular complexity index is 2010. The van der Waals surface area contributed by atoms with Crippen molar-refractivity contribution in [1.29, 1.82) is 0 Å². The highest BCUT2D eigenvalue weighted by Crippen LogP contribution is 2.30. The lowest BCUT2D eigenvalue weighted by Crippen LogP contribution is -2.26. The van der Waals surface area contributed by atoms with E-state index in [4.69, 9.17) is 8.83 Å². The molecular formula is C33H30N4O6S2. The molecule has 2 aromatic carbocycles. The van der Waals surface area contributed by atoms with E-state index in [1.807, 2.05) is 36.4 Å². The zero-order valence-corrected chi connectivity index (χ0v) is 25.9. The zero-order valence-electron chi connectivity index (χ0n) is 24.2. The average Bonchev–Trinajstić information content (AvgIpc) is 3.69. The number of hydrogen-bond acceptors (Lipinski definition) is 10. The van der Waals surface area contributed by atoms with E-state index in [0.717, 1.165) is 42.9 Å². The standard InChI is InChI=1S/C33H30N4O6S2/c38-28(36-32-34-24(18-44-32)22-16-20-10-6-8-12-26(20)42-30(22)40)14-4-2-1-3-5-15-29(39)37-33-35-25(19-45-33)23-17-21-11-7-9-13-27(21)43-31(23)41/h6-13,16-18,25H,1-5,14-15,19H2,(H,34,36,38)(H,35,37,39). The number of nitrogens with zero attached hydrogens (tertiary/aromatic N) is 2. The molecule has 6 rings (SSSR count). The van der Waals surface area contributed by atoms with Crippen LogP contribution in [0.4, 0.5) is 5.13 Å². The van der Waals surface area contributed by atoms with Crippen LogP contribution in [0.15, 0.2) is 89.5 Å². The predicted octanol–water partition coefficient (Wildman–Crippen LogP) is 6.65. The molecule has 0 saturated carbocycles. The Morgan fingerprint density at radius 2 is 1.42 bits per heavy atom. The summed E-state index contributed by atoms with van der Waals surface area (Å²) in [5.74, 6) is 0.337. The highest BCUT2D eigenvalue weighted by molar-refractivity contribution is 8.14. The number of aliphatic imine (C=N–C) groups is 1. The van der Waals surface area contributed by atoms with Gasteiger partial charge in [0.2, 0.25) is 11.8 Å². The van der Waals surface area contributed by atoms with Crippen molar-refractivity contribution in [2.75, 3.05) is 11.1 Å². The molecule has 4 heterocycles. The third-order valence-corrected chi connectivity index (χ3v) is 9.12. The van der Waals surface area contributed by atoms with E-state index in [-0.39, 0.29) is 17.9 Å². The maximum Gasteiger partial charge on any atom is 0.345 e. The fraction of sp³-hybridized carbons (Fsp3) is 0.273. The number of anilines is 1. The summed E-state index contributed by atoms with van der Waals surface area (Å²) in [6, 6.07) is 17.8. The fourth-order valence-electron chi connectivity index (χ4n) is 5.07. The van der Waals surface area contributed by atoms with Crippen LogP contribution in [-0.2, 0) is 9.59 Å². The van der Waals surface area contributed by atoms with Crippen molar-refractivity contribution in [2.45, 2.75) is 51.0 Å². The second-order valence-electron chi connectivity index (χ2n) is 10.7. The van der Waals surface area contributed by atoms with Gasteiger partial charge in [-0.2, -0.15) is 0 Å². The number of carbonyl (C=O) groups excluding carboxylic acids is 2. The van der Waals surface area contributed by atoms with Gasteiger partial charge in [0, 0.05) is 34.7 Å². The lowest BCUT2D eigenvalue weighted by Gasteiger charge is -2.05. The Labute approximate surface area is 266 Å². The number of thiazole rings is 1. The van der Waals surface area contributed by atoms with Crippen molar-refractivity contribution in [3.63, 3.8) is 0 Å². The molecule has 10 nitrogen and oxygen atoms in total. The highest BCUT2D eigenvalue weighted by Gasteiger charge is 2.24. The molecule has 5 aromatic rings. The summed E-state index contributed by atoms with van der Waals surface area (Å²) in [6.45, 7) is 0. The van der Waals surface area contributed by atoms with Crippen LogP contribution < -0.4 is 21.9 Å². The van der Waals surface area contributed by atoms with Crippen molar-refractivity contribution < 1.29 is 18.4 Å². The maximum absolute atomic E-state index is 12.4. The molecule has 0 radical (unpaired) electrons. The van der Waals surface area contributed by atoms with E-state index in [2.05, 4.69) is 20.6 Å². The Hall–Kier alpha value is -4.55. The molecular weight excluding hydrogens is 613 g/mol. The molecule has 1 unspecified atom stereocenters. The number of hydrogen-bond donors (Lipinski definition) is 2. The smallest absolute Gasteiger partial charge is 0.345 e. The molecule has 0 aliphatic carbocycles. The van der Waals surface area contributed by atoms with Gasteiger partial charge >= 0.3 is 11.3 Å². The molecule has 1 aliphatic heterocycles. The lowest BCUT2D eigenvalue weighted by atomic mass is 10.1. The van der Waals surface area contributed by atoms with Gasteiger partial charge in [-0.3, -0.25) is 14.6 Å². The van der Waals surface area contributed by atoms with E-state index in [1.165, 1.54) is 23.1 Å². The van der Waals surface area contributed by atoms with E-state index in [1.54, 1.807) is 29.6 Å². The topological polar surface area (TPSA) is 144 Å². The number of thioether (sulfide) groups is 1. The monoisotopic (exact) mass is 642 g/mol. The minimum absolute atomic E-state index is 0.101. The average molecular weight is 643 g/mol. The van der Waals surface area contributed by atoms with Crippen molar-refractivity contribution in [2.24, 2.45) is 4.99 Å². The van der Waals surface area contributed by atoms with Crippen LogP contribution in [0.25, 0.3) is 33.2 Å². The number of para-hydroxylation sites is 2. The molecule has 0 fully saturated rings. The number of amides is 2. The third kappa shape index (κ3) is 7.58. The number of benzene rings is 2. The predicted molar refractivity (Wildman–Crippen MR) is 178 cm³/mol. The summed E-state index contributed by atoms with van der Waals surface area (Å²) >= 11 is 2.68. The zero-order chi connectivity index (χ0) is 31.2. The number of amidine groups is 1. The van der Waals surface area contributed by atoms with Gasteiger partial charge in [0.05, 0.1) is 22.9 Å². The molecule has 3 aromatic heterocycles. The van der Waals surface area contributed by atoms with Crippen LogP contribution in [0.1, 0.15) is 56.6 Å². The van der Waals surface area contributed by atoms with Crippen LogP contribution in [0.2, 0.25) is 0 Å². The number of carbonyl (C=O) groups is 2. The lowest BCUT2D eigenvalue weighted by molar-refractivity contribution is -0.119. The molecule has 0 saturated heterocycles. The molecule has 45 heavy (non-hydrogen) atoms. The molecule has 230 valence electrons. The molecule has 1 aliphatic rings. The number of aromatic nitrogens is 1. The van der Waals surface area contributed by atoms with E-state index < -0.39 is 11.3 Å². The first-order valence-corrected chi connectivity index (χ1v) is 16.6. The molecule has 0 spiro atoms. The Kier molecular flexibility index (Phi) is 9.51. The van der Waals surface area contributed by atoms with Gasteiger partial charge in [-0.15, -0.1) is 11.3 Å². The van der Waals surface area contributed by atoms with Gasteiger partial charge < -0.3 is 19.5 Å². The molecule has 2 N–H and O–H groups in total. The van der Waals surface area contributed by atoms with Crippen LogP contribution in [-0.4, -0.2) is 27.7 Å². The van der Waals surface area contributed by atoms with E-state index in [0.29, 0.717) is 56.9 Å². The first-order chi connectivity index (χ1) is 21.9. The van der Waals surface area contributed by atoms with Crippen LogP contribution in [0, 0.1) is 0 Å². The second-order valence-corrected chi connectivity index (χ2v) is 12.5. The summed E-state index contributed by atoms with van der Waals surface area (Å²) in [7, 11) is 0. The second kappa shape index (κ2) is 14.0. The van der Waals surface area contributed by atoms with E-state index >= 15 is 0 Å². The van der Waals surface area contributed by atoms with Crippen molar-refractivity contribution >= 4 is 67.2 Å². The molecule has 1 atom stereocenters. The first kappa shape index (κ1) is 30.5. The van der Waals surface area contributed by atoms with E-state index in [9.17, 15) is 19.2 Å². The Morgan fingerprint density at radius 3 is 2.16 bits per heavy atom. The van der Waals surface area contributed by atoms with Crippen LogP contribution >= 0.6 is 23.1 Å². The highest BCUT2D eigenvalue weighted by atomic mass is 32.2. The molecule has 12 heteroatoms. The first-order valence-electron chi connectivity index (χ1n) is 14.7.